The second kappa shape index (κ2) is 9.44. The smallest absolute Gasteiger partial charge is 0.296 e. The molecule has 2 aromatic heterocycles. The van der Waals surface area contributed by atoms with Gasteiger partial charge in [0.25, 0.3) is 0 Å². The predicted octanol–water partition coefficient (Wildman–Crippen LogP) is 5.82. The minimum Gasteiger partial charge on any atom is -0.296 e. The standard InChI is InChI=1S/C22H19ClF4N4OS/c1-12-3-2-4-31(12)11-18-21(13-5-14(22(25,26)27)7-15(24)6-13)30-20(33-18)8-17(32)16-9-29-19(23)10-28-16/h5-7,9-10,12H,2-4,8,11H2,1H3/t12-/m1/s1. The summed E-state index contributed by atoms with van der Waals surface area (Å²) in [5.74, 6) is -1.35. The molecule has 1 atom stereocenters. The molecule has 33 heavy (non-hydrogen) atoms. The second-order valence-electron chi connectivity index (χ2n) is 7.89. The molecule has 1 aromatic carbocycles. The molecular formula is C22H19ClF4N4OS. The van der Waals surface area contributed by atoms with Crippen LogP contribution in [0.4, 0.5) is 17.6 Å². The first-order chi connectivity index (χ1) is 15.6. The fourth-order valence-corrected chi connectivity index (χ4v) is 5.01. The maximum Gasteiger partial charge on any atom is 0.416 e. The van der Waals surface area contributed by atoms with Crippen LogP contribution in [0.2, 0.25) is 5.15 Å². The number of carbonyl (C=O) groups is 1. The first-order valence-corrected chi connectivity index (χ1v) is 11.4. The summed E-state index contributed by atoms with van der Waals surface area (Å²) in [5.41, 5.74) is -0.685. The molecule has 0 bridgehead atoms. The molecule has 5 nitrogen and oxygen atoms in total. The minimum absolute atomic E-state index is 0.0328. The lowest BCUT2D eigenvalue weighted by atomic mass is 10.1. The van der Waals surface area contributed by atoms with E-state index in [-0.39, 0.29) is 34.3 Å². The Morgan fingerprint density at radius 1 is 1.24 bits per heavy atom. The molecule has 174 valence electrons. The van der Waals surface area contributed by atoms with E-state index in [0.29, 0.717) is 28.5 Å². The highest BCUT2D eigenvalue weighted by atomic mass is 35.5. The molecule has 0 radical (unpaired) electrons. The summed E-state index contributed by atoms with van der Waals surface area (Å²) in [6.45, 7) is 3.40. The maximum absolute atomic E-state index is 14.1. The van der Waals surface area contributed by atoms with E-state index in [2.05, 4.69) is 26.8 Å². The van der Waals surface area contributed by atoms with Crippen LogP contribution in [0.15, 0.2) is 30.6 Å². The van der Waals surface area contributed by atoms with Gasteiger partial charge in [0, 0.05) is 23.0 Å². The number of ketones is 1. The molecule has 0 amide bonds. The minimum atomic E-state index is -4.69. The molecule has 0 aliphatic carbocycles. The highest BCUT2D eigenvalue weighted by molar-refractivity contribution is 7.12. The summed E-state index contributed by atoms with van der Waals surface area (Å²) in [6, 6.07) is 2.71. The highest BCUT2D eigenvalue weighted by Crippen LogP contribution is 2.36. The zero-order valence-corrected chi connectivity index (χ0v) is 19.1. The van der Waals surface area contributed by atoms with Crippen molar-refractivity contribution in [2.75, 3.05) is 6.54 Å². The summed E-state index contributed by atoms with van der Waals surface area (Å²) in [5, 5.41) is 0.558. The number of halogens is 5. The van der Waals surface area contributed by atoms with Gasteiger partial charge in [0.15, 0.2) is 5.78 Å². The number of rotatable bonds is 6. The van der Waals surface area contributed by atoms with Gasteiger partial charge >= 0.3 is 6.18 Å². The third kappa shape index (κ3) is 5.56. The normalized spacial score (nSPS) is 17.0. The number of nitrogens with zero attached hydrogens (tertiary/aromatic N) is 4. The highest BCUT2D eigenvalue weighted by Gasteiger charge is 2.32. The number of likely N-dealkylation sites (tertiary alicyclic amines) is 1. The van der Waals surface area contributed by atoms with Crippen molar-refractivity contribution in [1.29, 1.82) is 0 Å². The molecule has 11 heteroatoms. The van der Waals surface area contributed by atoms with Gasteiger partial charge in [0.2, 0.25) is 0 Å². The number of hydrogen-bond acceptors (Lipinski definition) is 6. The van der Waals surface area contributed by atoms with Gasteiger partial charge in [-0.15, -0.1) is 11.3 Å². The third-order valence-corrected chi connectivity index (χ3v) is 6.73. The van der Waals surface area contributed by atoms with E-state index >= 15 is 0 Å². The zero-order valence-electron chi connectivity index (χ0n) is 17.5. The zero-order chi connectivity index (χ0) is 23.8. The number of benzene rings is 1. The van der Waals surface area contributed by atoms with Gasteiger partial charge in [-0.3, -0.25) is 9.69 Å². The summed E-state index contributed by atoms with van der Waals surface area (Å²) < 4.78 is 53.9. The summed E-state index contributed by atoms with van der Waals surface area (Å²) in [6.07, 6.45) is -0.240. The summed E-state index contributed by atoms with van der Waals surface area (Å²) in [7, 11) is 0. The Morgan fingerprint density at radius 3 is 2.67 bits per heavy atom. The van der Waals surface area contributed by atoms with Crippen LogP contribution in [0.5, 0.6) is 0 Å². The van der Waals surface area contributed by atoms with E-state index in [0.717, 1.165) is 31.5 Å². The Kier molecular flexibility index (Phi) is 6.78. The number of aromatic nitrogens is 3. The van der Waals surface area contributed by atoms with Gasteiger partial charge < -0.3 is 0 Å². The Hall–Kier alpha value is -2.43. The Balaban J connectivity index is 1.70. The van der Waals surface area contributed by atoms with Gasteiger partial charge in [-0.1, -0.05) is 11.6 Å². The molecule has 4 rings (SSSR count). The van der Waals surface area contributed by atoms with Crippen molar-refractivity contribution in [2.45, 2.75) is 44.9 Å². The lowest BCUT2D eigenvalue weighted by Gasteiger charge is -2.20. The van der Waals surface area contributed by atoms with Crippen molar-refractivity contribution in [3.63, 3.8) is 0 Å². The van der Waals surface area contributed by atoms with Crippen LogP contribution in [0, 0.1) is 5.82 Å². The van der Waals surface area contributed by atoms with Crippen LogP contribution in [0.3, 0.4) is 0 Å². The van der Waals surface area contributed by atoms with Crippen LogP contribution in [-0.4, -0.2) is 38.2 Å². The lowest BCUT2D eigenvalue weighted by molar-refractivity contribution is -0.137. The van der Waals surface area contributed by atoms with Gasteiger partial charge in [0.1, 0.15) is 21.7 Å². The van der Waals surface area contributed by atoms with Crippen LogP contribution in [0.1, 0.15) is 45.7 Å². The summed E-state index contributed by atoms with van der Waals surface area (Å²) >= 11 is 6.95. The number of thiazole rings is 1. The van der Waals surface area contributed by atoms with E-state index in [1.807, 2.05) is 0 Å². The molecule has 1 aliphatic heterocycles. The molecule has 3 heterocycles. The van der Waals surface area contributed by atoms with Gasteiger partial charge in [-0.25, -0.2) is 19.3 Å². The van der Waals surface area contributed by atoms with Gasteiger partial charge in [-0.05, 0) is 44.5 Å². The average molecular weight is 499 g/mol. The van der Waals surface area contributed by atoms with Crippen molar-refractivity contribution in [1.82, 2.24) is 19.9 Å². The quantitative estimate of drug-likeness (QED) is 0.316. The lowest BCUT2D eigenvalue weighted by Crippen LogP contribution is -2.25. The largest absolute Gasteiger partial charge is 0.416 e. The summed E-state index contributed by atoms with van der Waals surface area (Å²) in [4.78, 5) is 27.8. The molecule has 1 saturated heterocycles. The average Bonchev–Trinajstić information content (AvgIpc) is 3.33. The predicted molar refractivity (Wildman–Crippen MR) is 117 cm³/mol. The number of Topliss-reactive ketones (excluding diaryl/α,β-unsaturated/α-hetero) is 1. The van der Waals surface area contributed by atoms with Crippen molar-refractivity contribution in [3.8, 4) is 11.3 Å². The molecule has 1 fully saturated rings. The molecule has 0 saturated carbocycles. The van der Waals surface area contributed by atoms with Crippen molar-refractivity contribution >= 4 is 28.7 Å². The molecular weight excluding hydrogens is 480 g/mol. The van der Waals surface area contributed by atoms with Gasteiger partial charge in [-0.2, -0.15) is 13.2 Å². The van der Waals surface area contributed by atoms with Gasteiger partial charge in [0.05, 0.1) is 30.1 Å². The molecule has 0 spiro atoms. The SMILES string of the molecule is C[C@@H]1CCCN1Cc1sc(CC(=O)c2cnc(Cl)cn2)nc1-c1cc(F)cc(C(F)(F)F)c1. The first-order valence-electron chi connectivity index (χ1n) is 10.2. The monoisotopic (exact) mass is 498 g/mol. The van der Waals surface area contributed by atoms with Crippen molar-refractivity contribution in [3.05, 3.63) is 62.7 Å². The van der Waals surface area contributed by atoms with E-state index < -0.39 is 17.6 Å². The number of alkyl halides is 3. The Labute approximate surface area is 196 Å². The second-order valence-corrected chi connectivity index (χ2v) is 9.45. The van der Waals surface area contributed by atoms with Crippen molar-refractivity contribution < 1.29 is 22.4 Å². The molecule has 1 aliphatic rings. The van der Waals surface area contributed by atoms with E-state index in [1.165, 1.54) is 23.7 Å². The topological polar surface area (TPSA) is 59.0 Å². The Morgan fingerprint density at radius 2 is 2.03 bits per heavy atom. The van der Waals surface area contributed by atoms with E-state index in [1.54, 1.807) is 0 Å². The third-order valence-electron chi connectivity index (χ3n) is 5.50. The maximum atomic E-state index is 14.1. The van der Waals surface area contributed by atoms with Crippen LogP contribution >= 0.6 is 22.9 Å². The molecule has 0 unspecified atom stereocenters. The molecule has 3 aromatic rings. The molecule has 0 N–H and O–H groups in total. The number of hydrogen-bond donors (Lipinski definition) is 0. The Bertz CT molecular complexity index is 1170. The van der Waals surface area contributed by atoms with Crippen LogP contribution < -0.4 is 0 Å². The van der Waals surface area contributed by atoms with Crippen LogP contribution in [-0.2, 0) is 19.1 Å². The first kappa shape index (κ1) is 23.7. The van der Waals surface area contributed by atoms with E-state index in [4.69, 9.17) is 11.6 Å². The fraction of sp³-hybridized carbons (Fsp3) is 0.364. The van der Waals surface area contributed by atoms with Crippen molar-refractivity contribution in [2.24, 2.45) is 0 Å². The fourth-order valence-electron chi connectivity index (χ4n) is 3.80. The van der Waals surface area contributed by atoms with E-state index in [9.17, 15) is 22.4 Å². The van der Waals surface area contributed by atoms with Crippen LogP contribution in [0.25, 0.3) is 11.3 Å². The number of carbonyl (C=O) groups excluding carboxylic acids is 1.